The van der Waals surface area contributed by atoms with Gasteiger partial charge in [0.2, 0.25) is 34.7 Å². The van der Waals surface area contributed by atoms with Crippen LogP contribution >= 0.6 is 0 Å². The van der Waals surface area contributed by atoms with Crippen LogP contribution in [0.2, 0.25) is 0 Å². The van der Waals surface area contributed by atoms with Crippen LogP contribution in [0, 0.1) is 23.7 Å². The molecule has 10 bridgehead atoms. The molecule has 0 aromatic heterocycles. The molecule has 6 nitrogen and oxygen atoms in total. The predicted octanol–water partition coefficient (Wildman–Crippen LogP) is 5.75. The number of carbonyl (C=O) groups is 6. The average molecular weight is 597 g/mol. The monoisotopic (exact) mass is 596 g/mol. The van der Waals surface area contributed by atoms with E-state index in [-0.39, 0.29) is 39.8 Å². The molecule has 0 N–H and O–H groups in total. The van der Waals surface area contributed by atoms with Crippen LogP contribution in [-0.2, 0) is 4.79 Å². The standard InChI is InChI=1S/C40H20O6/c41-35-29-10-1-6-25(20-29)16-18-27-8-3-12-31(22-27)37(43)39(45)33-14-5-15-34(24-33)40(46)38(44)32-13-4-9-28(23-32)19-17-26-7-2-11-30(21-26)36(35)42/h1-12,14-15,20-22,24H,13H2. The average Bonchev–Trinajstić information content (AvgIpc) is 3.11. The van der Waals surface area contributed by atoms with Gasteiger partial charge >= 0.3 is 0 Å². The van der Waals surface area contributed by atoms with E-state index >= 15 is 0 Å². The molecule has 2 aliphatic rings. The molecule has 0 unspecified atom stereocenters. The number of rotatable bonds is 0. The van der Waals surface area contributed by atoms with Crippen molar-refractivity contribution in [1.29, 1.82) is 0 Å². The molecule has 0 heterocycles. The van der Waals surface area contributed by atoms with Crippen molar-refractivity contribution in [3.05, 3.63) is 171 Å². The van der Waals surface area contributed by atoms with Gasteiger partial charge < -0.3 is 0 Å². The van der Waals surface area contributed by atoms with E-state index in [1.54, 1.807) is 48.6 Å². The lowest BCUT2D eigenvalue weighted by Crippen LogP contribution is -2.19. The molecule has 0 spiro atoms. The highest BCUT2D eigenvalue weighted by atomic mass is 16.2. The van der Waals surface area contributed by atoms with Crippen LogP contribution in [0.5, 0.6) is 0 Å². The van der Waals surface area contributed by atoms with Gasteiger partial charge in [0.1, 0.15) is 0 Å². The van der Waals surface area contributed by atoms with Crippen LogP contribution in [-0.4, -0.2) is 34.7 Å². The van der Waals surface area contributed by atoms with Crippen LogP contribution in [0.25, 0.3) is 0 Å². The van der Waals surface area contributed by atoms with Crippen molar-refractivity contribution >= 4 is 34.7 Å². The Balaban J connectivity index is 1.47. The molecule has 4 aromatic rings. The van der Waals surface area contributed by atoms with Crippen LogP contribution in [0.1, 0.15) is 74.9 Å². The molecular weight excluding hydrogens is 576 g/mol. The molecule has 216 valence electrons. The molecular formula is C40H20O6. The Bertz CT molecular complexity index is 2280. The van der Waals surface area contributed by atoms with Gasteiger partial charge in [-0.1, -0.05) is 90.1 Å². The quantitative estimate of drug-likeness (QED) is 0.146. The number of hydrogen-bond acceptors (Lipinski definition) is 6. The molecule has 0 amide bonds. The zero-order valence-corrected chi connectivity index (χ0v) is 24.0. The normalized spacial score (nSPS) is 14.5. The third kappa shape index (κ3) is 6.16. The Morgan fingerprint density at radius 1 is 0.413 bits per heavy atom. The Kier molecular flexibility index (Phi) is 7.97. The number of benzene rings is 4. The number of Topliss-reactive ketones (excluding diaryl/α,β-unsaturated/α-hetero) is 6. The smallest absolute Gasteiger partial charge is 0.237 e. The molecule has 0 aliphatic heterocycles. The number of allylic oxidation sites excluding steroid dienone is 3. The van der Waals surface area contributed by atoms with Crippen molar-refractivity contribution in [3.63, 3.8) is 0 Å². The molecule has 46 heavy (non-hydrogen) atoms. The molecule has 0 fully saturated rings. The first kappa shape index (κ1) is 29.4. The molecule has 6 rings (SSSR count). The highest BCUT2D eigenvalue weighted by Gasteiger charge is 2.24. The van der Waals surface area contributed by atoms with E-state index in [0.29, 0.717) is 22.3 Å². The first-order valence-electron chi connectivity index (χ1n) is 14.1. The van der Waals surface area contributed by atoms with E-state index in [2.05, 4.69) is 29.4 Å². The van der Waals surface area contributed by atoms with Gasteiger partial charge in [0.15, 0.2) is 0 Å². The molecule has 4 aromatic carbocycles. The van der Waals surface area contributed by atoms with Crippen LogP contribution in [0.4, 0.5) is 0 Å². The maximum atomic E-state index is 13.2. The van der Waals surface area contributed by atoms with Gasteiger partial charge in [-0.25, -0.2) is 0 Å². The lowest BCUT2D eigenvalue weighted by atomic mass is 9.94. The van der Waals surface area contributed by atoms with E-state index in [1.807, 2.05) is 0 Å². The summed E-state index contributed by atoms with van der Waals surface area (Å²) in [6.45, 7) is 0. The van der Waals surface area contributed by atoms with Gasteiger partial charge in [-0.2, -0.15) is 0 Å². The number of ketones is 6. The van der Waals surface area contributed by atoms with Crippen molar-refractivity contribution in [3.8, 4) is 23.7 Å². The van der Waals surface area contributed by atoms with Crippen molar-refractivity contribution in [2.24, 2.45) is 0 Å². The summed E-state index contributed by atoms with van der Waals surface area (Å²) in [7, 11) is 0. The number of fused-ring (bicyclic) bond motifs is 8. The highest BCUT2D eigenvalue weighted by Crippen LogP contribution is 2.18. The van der Waals surface area contributed by atoms with Gasteiger partial charge in [-0.3, -0.25) is 28.8 Å². The molecule has 0 atom stereocenters. The third-order valence-corrected chi connectivity index (χ3v) is 7.24. The Morgan fingerprint density at radius 2 is 0.783 bits per heavy atom. The summed E-state index contributed by atoms with van der Waals surface area (Å²) in [4.78, 5) is 78.9. The van der Waals surface area contributed by atoms with Gasteiger partial charge in [-0.15, -0.1) is 0 Å². The zero-order chi connectivity index (χ0) is 32.2. The van der Waals surface area contributed by atoms with Crippen molar-refractivity contribution in [1.82, 2.24) is 0 Å². The topological polar surface area (TPSA) is 102 Å². The molecule has 0 saturated heterocycles. The first-order valence-corrected chi connectivity index (χ1v) is 14.1. The second kappa shape index (κ2) is 12.5. The summed E-state index contributed by atoms with van der Waals surface area (Å²) in [6, 6.07) is 24.3. The Hall–Kier alpha value is -6.72. The van der Waals surface area contributed by atoms with Crippen LogP contribution in [0.3, 0.4) is 0 Å². The Morgan fingerprint density at radius 3 is 1.24 bits per heavy atom. The second-order valence-electron chi connectivity index (χ2n) is 10.4. The molecule has 0 radical (unpaired) electrons. The fourth-order valence-corrected chi connectivity index (χ4v) is 4.86. The van der Waals surface area contributed by atoms with E-state index in [0.717, 1.165) is 0 Å². The lowest BCUT2D eigenvalue weighted by Gasteiger charge is -2.06. The van der Waals surface area contributed by atoms with Crippen molar-refractivity contribution in [2.45, 2.75) is 6.42 Å². The number of carbonyl (C=O) groups excluding carboxylic acids is 6. The largest absolute Gasteiger partial charge is 0.285 e. The number of hydrogen-bond donors (Lipinski definition) is 0. The minimum Gasteiger partial charge on any atom is -0.285 e. The predicted molar refractivity (Wildman–Crippen MR) is 170 cm³/mol. The minimum atomic E-state index is -0.852. The van der Waals surface area contributed by atoms with Crippen molar-refractivity contribution < 1.29 is 28.8 Å². The fraction of sp³-hybridized carbons (Fsp3) is 0.0250. The zero-order valence-electron chi connectivity index (χ0n) is 24.0. The van der Waals surface area contributed by atoms with Gasteiger partial charge in [0.05, 0.1) is 11.1 Å². The minimum absolute atomic E-state index is 0.0384. The van der Waals surface area contributed by atoms with Gasteiger partial charge in [0.25, 0.3) is 0 Å². The summed E-state index contributed by atoms with van der Waals surface area (Å²) in [5.41, 5.74) is 5.01. The fourth-order valence-electron chi connectivity index (χ4n) is 4.86. The summed E-state index contributed by atoms with van der Waals surface area (Å²) < 4.78 is 0. The molecule has 6 heteroatoms. The van der Waals surface area contributed by atoms with E-state index < -0.39 is 34.7 Å². The molecule has 0 saturated carbocycles. The first-order chi connectivity index (χ1) is 22.3. The highest BCUT2D eigenvalue weighted by molar-refractivity contribution is 6.51. The third-order valence-electron chi connectivity index (χ3n) is 7.24. The lowest BCUT2D eigenvalue weighted by molar-refractivity contribution is -0.111. The summed E-state index contributed by atoms with van der Waals surface area (Å²) in [5.74, 6) is 6.90. The SMILES string of the molecule is O=C1C(=O)c2cccc(c2)C(=O)C(=O)c2cccc(c2)C#Cc2cccc(c2)C(=O)C(=O)c2cccc(c2)C#CC2=C=C1CC=C2. The maximum absolute atomic E-state index is 13.2. The summed E-state index contributed by atoms with van der Waals surface area (Å²) in [5, 5.41) is 0. The second-order valence-corrected chi connectivity index (χ2v) is 10.4. The van der Waals surface area contributed by atoms with Crippen LogP contribution in [0.15, 0.2) is 126 Å². The Labute approximate surface area is 263 Å². The molecule has 2 aliphatic carbocycles. The van der Waals surface area contributed by atoms with Crippen LogP contribution < -0.4 is 0 Å². The summed E-state index contributed by atoms with van der Waals surface area (Å²) in [6.07, 6.45) is 3.49. The van der Waals surface area contributed by atoms with E-state index in [9.17, 15) is 28.8 Å². The van der Waals surface area contributed by atoms with Crippen molar-refractivity contribution in [2.75, 3.05) is 0 Å². The van der Waals surface area contributed by atoms with Gasteiger partial charge in [0, 0.05) is 50.9 Å². The maximum Gasteiger partial charge on any atom is 0.237 e. The summed E-state index contributed by atoms with van der Waals surface area (Å²) >= 11 is 0. The van der Waals surface area contributed by atoms with Gasteiger partial charge in [-0.05, 0) is 48.5 Å². The van der Waals surface area contributed by atoms with E-state index in [1.165, 1.54) is 60.7 Å². The van der Waals surface area contributed by atoms with E-state index in [4.69, 9.17) is 0 Å².